The molecule has 0 spiro atoms. The van der Waals surface area contributed by atoms with Gasteiger partial charge in [-0.15, -0.1) is 0 Å². The summed E-state index contributed by atoms with van der Waals surface area (Å²) in [6, 6.07) is 0.397. The van der Waals surface area contributed by atoms with Crippen molar-refractivity contribution in [1.82, 2.24) is 5.32 Å². The van der Waals surface area contributed by atoms with Crippen LogP contribution in [0.4, 0.5) is 0 Å². The Morgan fingerprint density at radius 2 is 1.94 bits per heavy atom. The predicted molar refractivity (Wildman–Crippen MR) is 65.4 cm³/mol. The van der Waals surface area contributed by atoms with Crippen molar-refractivity contribution < 1.29 is 9.90 Å². The average Bonchev–Trinajstić information content (AvgIpc) is 2.53. The first-order chi connectivity index (χ1) is 7.61. The molecule has 1 fully saturated rings. The highest BCUT2D eigenvalue weighted by Crippen LogP contribution is 2.25. The molecule has 0 saturated heterocycles. The van der Waals surface area contributed by atoms with Crippen LogP contribution in [0.1, 0.15) is 45.4 Å². The number of hydrogen-bond acceptors (Lipinski definition) is 2. The van der Waals surface area contributed by atoms with Gasteiger partial charge in [-0.2, -0.15) is 0 Å². The summed E-state index contributed by atoms with van der Waals surface area (Å²) in [7, 11) is 0. The minimum atomic E-state index is -0.902. The molecule has 1 aliphatic carbocycles. The van der Waals surface area contributed by atoms with Crippen molar-refractivity contribution in [3.05, 3.63) is 12.2 Å². The van der Waals surface area contributed by atoms with Crippen LogP contribution in [0.2, 0.25) is 0 Å². The van der Waals surface area contributed by atoms with E-state index in [0.29, 0.717) is 18.5 Å². The van der Waals surface area contributed by atoms with Crippen LogP contribution in [0.15, 0.2) is 12.2 Å². The molecule has 0 amide bonds. The van der Waals surface area contributed by atoms with Gasteiger partial charge in [0.1, 0.15) is 0 Å². The normalized spacial score (nSPS) is 20.1. The van der Waals surface area contributed by atoms with Crippen molar-refractivity contribution in [2.75, 3.05) is 6.54 Å². The number of hydrogen-bond donors (Lipinski definition) is 2. The van der Waals surface area contributed by atoms with Crippen LogP contribution < -0.4 is 5.32 Å². The van der Waals surface area contributed by atoms with E-state index in [1.165, 1.54) is 38.5 Å². The van der Waals surface area contributed by atoms with Gasteiger partial charge >= 0.3 is 5.97 Å². The lowest BCUT2D eigenvalue weighted by Crippen LogP contribution is -2.35. The summed E-state index contributed by atoms with van der Waals surface area (Å²) in [5.41, 5.74) is 0.250. The molecular formula is C13H23NO2. The van der Waals surface area contributed by atoms with Crippen LogP contribution >= 0.6 is 0 Å². The fourth-order valence-electron chi connectivity index (χ4n) is 2.34. The second-order valence-corrected chi connectivity index (χ2v) is 4.83. The number of carboxylic acid groups (broad SMARTS) is 1. The summed E-state index contributed by atoms with van der Waals surface area (Å²) in [5, 5.41) is 12.0. The molecule has 1 rings (SSSR count). The highest BCUT2D eigenvalue weighted by Gasteiger charge is 2.19. The van der Waals surface area contributed by atoms with Gasteiger partial charge in [0.2, 0.25) is 0 Å². The lowest BCUT2D eigenvalue weighted by Gasteiger charge is -2.23. The highest BCUT2D eigenvalue weighted by atomic mass is 16.4. The fourth-order valence-corrected chi connectivity index (χ4v) is 2.34. The lowest BCUT2D eigenvalue weighted by molar-refractivity contribution is -0.132. The zero-order valence-corrected chi connectivity index (χ0v) is 10.2. The predicted octanol–water partition coefficient (Wildman–Crippen LogP) is 2.58. The standard InChI is InChI=1S/C13H23NO2/c1-10(13(15)16)9-14-11(2)12-7-5-3-4-6-8-12/h11-12,14H,1,3-9H2,2H3,(H,15,16)/t11-/m0/s1. The van der Waals surface area contributed by atoms with Gasteiger partial charge in [-0.1, -0.05) is 32.3 Å². The molecule has 1 saturated carbocycles. The third-order valence-corrected chi connectivity index (χ3v) is 3.55. The molecule has 3 heteroatoms. The molecular weight excluding hydrogens is 202 g/mol. The van der Waals surface area contributed by atoms with Crippen LogP contribution in [-0.2, 0) is 4.79 Å². The molecule has 0 heterocycles. The fraction of sp³-hybridized carbons (Fsp3) is 0.769. The van der Waals surface area contributed by atoms with E-state index in [-0.39, 0.29) is 5.57 Å². The minimum Gasteiger partial charge on any atom is -0.478 e. The van der Waals surface area contributed by atoms with Crippen LogP contribution in [-0.4, -0.2) is 23.7 Å². The molecule has 1 atom stereocenters. The Morgan fingerprint density at radius 1 is 1.38 bits per heavy atom. The smallest absolute Gasteiger partial charge is 0.332 e. The maximum Gasteiger partial charge on any atom is 0.332 e. The van der Waals surface area contributed by atoms with E-state index in [4.69, 9.17) is 5.11 Å². The molecule has 1 aliphatic rings. The third kappa shape index (κ3) is 4.35. The summed E-state index contributed by atoms with van der Waals surface area (Å²) in [5.74, 6) is -0.204. The van der Waals surface area contributed by atoms with Crippen LogP contribution in [0.25, 0.3) is 0 Å². The average molecular weight is 225 g/mol. The van der Waals surface area contributed by atoms with E-state index in [9.17, 15) is 4.79 Å². The summed E-state index contributed by atoms with van der Waals surface area (Å²) in [6.45, 7) is 6.08. The van der Waals surface area contributed by atoms with Crippen LogP contribution in [0.3, 0.4) is 0 Å². The summed E-state index contributed by atoms with van der Waals surface area (Å²) >= 11 is 0. The monoisotopic (exact) mass is 225 g/mol. The van der Waals surface area contributed by atoms with Gasteiger partial charge < -0.3 is 10.4 Å². The van der Waals surface area contributed by atoms with Crippen molar-refractivity contribution in [2.45, 2.75) is 51.5 Å². The van der Waals surface area contributed by atoms with E-state index in [1.54, 1.807) is 0 Å². The Labute approximate surface area is 97.9 Å². The summed E-state index contributed by atoms with van der Waals surface area (Å²) in [4.78, 5) is 10.6. The molecule has 0 unspecified atom stereocenters. The molecule has 0 bridgehead atoms. The zero-order valence-electron chi connectivity index (χ0n) is 10.2. The highest BCUT2D eigenvalue weighted by molar-refractivity contribution is 5.86. The molecule has 0 radical (unpaired) electrons. The quantitative estimate of drug-likeness (QED) is 0.558. The maximum absolute atomic E-state index is 10.6. The summed E-state index contributed by atoms with van der Waals surface area (Å²) in [6.07, 6.45) is 7.88. The Morgan fingerprint density at radius 3 is 2.44 bits per heavy atom. The molecule has 92 valence electrons. The minimum absolute atomic E-state index is 0.250. The molecule has 3 nitrogen and oxygen atoms in total. The number of carboxylic acids is 1. The van der Waals surface area contributed by atoms with E-state index in [2.05, 4.69) is 18.8 Å². The molecule has 0 aromatic rings. The molecule has 16 heavy (non-hydrogen) atoms. The van der Waals surface area contributed by atoms with E-state index >= 15 is 0 Å². The number of aliphatic carboxylic acids is 1. The van der Waals surface area contributed by atoms with Gasteiger partial charge in [0.05, 0.1) is 0 Å². The third-order valence-electron chi connectivity index (χ3n) is 3.55. The van der Waals surface area contributed by atoms with Crippen molar-refractivity contribution in [3.8, 4) is 0 Å². The van der Waals surface area contributed by atoms with Crippen molar-refractivity contribution in [3.63, 3.8) is 0 Å². The van der Waals surface area contributed by atoms with Crippen LogP contribution in [0, 0.1) is 5.92 Å². The Bertz CT molecular complexity index is 242. The second kappa shape index (κ2) is 6.69. The Hall–Kier alpha value is -0.830. The lowest BCUT2D eigenvalue weighted by atomic mass is 9.93. The number of rotatable bonds is 5. The Balaban J connectivity index is 2.30. The van der Waals surface area contributed by atoms with Gasteiger partial charge in [-0.05, 0) is 25.7 Å². The molecule has 2 N–H and O–H groups in total. The van der Waals surface area contributed by atoms with E-state index in [0.717, 1.165) is 0 Å². The van der Waals surface area contributed by atoms with Gasteiger partial charge in [0.15, 0.2) is 0 Å². The topological polar surface area (TPSA) is 49.3 Å². The largest absolute Gasteiger partial charge is 0.478 e. The van der Waals surface area contributed by atoms with Gasteiger partial charge in [0.25, 0.3) is 0 Å². The van der Waals surface area contributed by atoms with Crippen molar-refractivity contribution >= 4 is 5.97 Å². The van der Waals surface area contributed by atoms with E-state index < -0.39 is 5.97 Å². The zero-order chi connectivity index (χ0) is 12.0. The second-order valence-electron chi connectivity index (χ2n) is 4.83. The van der Waals surface area contributed by atoms with Crippen molar-refractivity contribution in [1.29, 1.82) is 0 Å². The SMILES string of the molecule is C=C(CN[C@@H](C)C1CCCCCC1)C(=O)O. The van der Waals surface area contributed by atoms with Crippen molar-refractivity contribution in [2.24, 2.45) is 5.92 Å². The number of nitrogens with one attached hydrogen (secondary N) is 1. The van der Waals surface area contributed by atoms with Gasteiger partial charge in [0, 0.05) is 18.2 Å². The maximum atomic E-state index is 10.6. The number of carbonyl (C=O) groups is 1. The molecule has 0 aliphatic heterocycles. The van der Waals surface area contributed by atoms with Gasteiger partial charge in [-0.25, -0.2) is 4.79 Å². The van der Waals surface area contributed by atoms with Gasteiger partial charge in [-0.3, -0.25) is 0 Å². The summed E-state index contributed by atoms with van der Waals surface area (Å²) < 4.78 is 0. The Kier molecular flexibility index (Phi) is 5.53. The molecule has 0 aromatic carbocycles. The first kappa shape index (κ1) is 13.2. The molecule has 0 aromatic heterocycles. The first-order valence-corrected chi connectivity index (χ1v) is 6.25. The first-order valence-electron chi connectivity index (χ1n) is 6.25. The van der Waals surface area contributed by atoms with E-state index in [1.807, 2.05) is 0 Å². The van der Waals surface area contributed by atoms with Crippen LogP contribution in [0.5, 0.6) is 0 Å².